The van der Waals surface area contributed by atoms with E-state index in [9.17, 15) is 0 Å². The molecule has 0 amide bonds. The van der Waals surface area contributed by atoms with Gasteiger partial charge in [0.25, 0.3) is 0 Å². The van der Waals surface area contributed by atoms with Gasteiger partial charge < -0.3 is 10.1 Å². The van der Waals surface area contributed by atoms with Crippen LogP contribution < -0.4 is 10.1 Å². The standard InChI is InChI=1S/C18H24N2O/c1-14(2)16-9-8-15(3)13-17(16)21-12-6-11-20-18-7-4-5-10-19-18/h4-5,7-10,13-14H,6,11-12H2,1-3H3,(H,19,20). The summed E-state index contributed by atoms with van der Waals surface area (Å²) in [5, 5.41) is 3.29. The summed E-state index contributed by atoms with van der Waals surface area (Å²) >= 11 is 0. The van der Waals surface area contributed by atoms with E-state index in [-0.39, 0.29) is 0 Å². The monoisotopic (exact) mass is 284 g/mol. The number of ether oxygens (including phenoxy) is 1. The van der Waals surface area contributed by atoms with Crippen LogP contribution in [0.2, 0.25) is 0 Å². The summed E-state index contributed by atoms with van der Waals surface area (Å²) in [5.41, 5.74) is 2.51. The molecule has 21 heavy (non-hydrogen) atoms. The third-order valence-corrected chi connectivity index (χ3v) is 3.34. The highest BCUT2D eigenvalue weighted by Gasteiger charge is 2.07. The van der Waals surface area contributed by atoms with E-state index < -0.39 is 0 Å². The Labute approximate surface area is 127 Å². The minimum atomic E-state index is 0.479. The molecule has 1 heterocycles. The van der Waals surface area contributed by atoms with Gasteiger partial charge in [-0.2, -0.15) is 0 Å². The minimum absolute atomic E-state index is 0.479. The highest BCUT2D eigenvalue weighted by molar-refractivity contribution is 5.39. The lowest BCUT2D eigenvalue weighted by atomic mass is 10.0. The van der Waals surface area contributed by atoms with Crippen molar-refractivity contribution in [2.45, 2.75) is 33.1 Å². The molecule has 1 aromatic carbocycles. The van der Waals surface area contributed by atoms with Gasteiger partial charge >= 0.3 is 0 Å². The van der Waals surface area contributed by atoms with Crippen molar-refractivity contribution in [2.24, 2.45) is 0 Å². The van der Waals surface area contributed by atoms with E-state index in [1.807, 2.05) is 18.2 Å². The number of rotatable bonds is 7. The first-order valence-electron chi connectivity index (χ1n) is 7.55. The van der Waals surface area contributed by atoms with Crippen LogP contribution in [0.4, 0.5) is 5.82 Å². The summed E-state index contributed by atoms with van der Waals surface area (Å²) in [7, 11) is 0. The van der Waals surface area contributed by atoms with Crippen LogP contribution in [-0.4, -0.2) is 18.1 Å². The number of benzene rings is 1. The number of pyridine rings is 1. The highest BCUT2D eigenvalue weighted by atomic mass is 16.5. The van der Waals surface area contributed by atoms with Crippen molar-refractivity contribution in [1.82, 2.24) is 4.98 Å². The van der Waals surface area contributed by atoms with Crippen LogP contribution in [0.5, 0.6) is 5.75 Å². The van der Waals surface area contributed by atoms with E-state index in [2.05, 4.69) is 49.3 Å². The van der Waals surface area contributed by atoms with E-state index >= 15 is 0 Å². The van der Waals surface area contributed by atoms with E-state index in [0.717, 1.165) is 24.5 Å². The Morgan fingerprint density at radius 2 is 2.05 bits per heavy atom. The second kappa shape index (κ2) is 7.67. The zero-order chi connectivity index (χ0) is 15.1. The molecular formula is C18H24N2O. The second-order valence-electron chi connectivity index (χ2n) is 5.54. The van der Waals surface area contributed by atoms with Gasteiger partial charge in [0, 0.05) is 12.7 Å². The third-order valence-electron chi connectivity index (χ3n) is 3.34. The quantitative estimate of drug-likeness (QED) is 0.765. The molecule has 3 heteroatoms. The summed E-state index contributed by atoms with van der Waals surface area (Å²) < 4.78 is 5.96. The van der Waals surface area contributed by atoms with Crippen molar-refractivity contribution < 1.29 is 4.74 Å². The average molecular weight is 284 g/mol. The fourth-order valence-corrected chi connectivity index (χ4v) is 2.18. The number of nitrogens with zero attached hydrogens (tertiary/aromatic N) is 1. The SMILES string of the molecule is Cc1ccc(C(C)C)c(OCCCNc2ccccn2)c1. The number of nitrogens with one attached hydrogen (secondary N) is 1. The zero-order valence-electron chi connectivity index (χ0n) is 13.1. The molecule has 1 N–H and O–H groups in total. The molecule has 0 aliphatic heterocycles. The summed E-state index contributed by atoms with van der Waals surface area (Å²) in [6.45, 7) is 8.06. The van der Waals surface area contributed by atoms with Gasteiger partial charge in [0.2, 0.25) is 0 Å². The Morgan fingerprint density at radius 1 is 1.19 bits per heavy atom. The predicted molar refractivity (Wildman–Crippen MR) is 88.1 cm³/mol. The van der Waals surface area contributed by atoms with Crippen LogP contribution in [-0.2, 0) is 0 Å². The van der Waals surface area contributed by atoms with E-state index in [4.69, 9.17) is 4.74 Å². The molecule has 0 spiro atoms. The molecule has 3 nitrogen and oxygen atoms in total. The van der Waals surface area contributed by atoms with Crippen molar-refractivity contribution in [3.63, 3.8) is 0 Å². The molecule has 0 radical (unpaired) electrons. The topological polar surface area (TPSA) is 34.1 Å². The highest BCUT2D eigenvalue weighted by Crippen LogP contribution is 2.27. The van der Waals surface area contributed by atoms with E-state index in [1.54, 1.807) is 6.20 Å². The lowest BCUT2D eigenvalue weighted by Gasteiger charge is -2.15. The molecule has 0 saturated heterocycles. The normalized spacial score (nSPS) is 10.7. The number of hydrogen-bond acceptors (Lipinski definition) is 3. The number of aromatic nitrogens is 1. The van der Waals surface area contributed by atoms with Gasteiger partial charge in [-0.1, -0.05) is 32.0 Å². The van der Waals surface area contributed by atoms with E-state index in [0.29, 0.717) is 12.5 Å². The molecule has 0 bridgehead atoms. The molecule has 2 rings (SSSR count). The van der Waals surface area contributed by atoms with Crippen molar-refractivity contribution in [3.05, 3.63) is 53.7 Å². The second-order valence-corrected chi connectivity index (χ2v) is 5.54. The van der Waals surface area contributed by atoms with Crippen LogP contribution in [0, 0.1) is 6.92 Å². The van der Waals surface area contributed by atoms with Crippen molar-refractivity contribution in [3.8, 4) is 5.75 Å². The molecule has 0 atom stereocenters. The Balaban J connectivity index is 1.79. The van der Waals surface area contributed by atoms with Crippen LogP contribution in [0.15, 0.2) is 42.6 Å². The molecule has 0 unspecified atom stereocenters. The lowest BCUT2D eigenvalue weighted by molar-refractivity contribution is 0.310. The Hall–Kier alpha value is -2.03. The molecule has 0 saturated carbocycles. The zero-order valence-corrected chi connectivity index (χ0v) is 13.1. The molecule has 0 fully saturated rings. The van der Waals surface area contributed by atoms with Gasteiger partial charge in [-0.3, -0.25) is 0 Å². The van der Waals surface area contributed by atoms with Crippen LogP contribution in [0.1, 0.15) is 37.3 Å². The maximum Gasteiger partial charge on any atom is 0.125 e. The van der Waals surface area contributed by atoms with Gasteiger partial charge in [0.05, 0.1) is 6.61 Å². The first-order valence-corrected chi connectivity index (χ1v) is 7.55. The van der Waals surface area contributed by atoms with E-state index in [1.165, 1.54) is 11.1 Å². The Kier molecular flexibility index (Phi) is 5.61. The van der Waals surface area contributed by atoms with Gasteiger partial charge in [0.15, 0.2) is 0 Å². The molecule has 1 aromatic heterocycles. The number of aryl methyl sites for hydroxylation is 1. The largest absolute Gasteiger partial charge is 0.493 e. The third kappa shape index (κ3) is 4.78. The Morgan fingerprint density at radius 3 is 2.76 bits per heavy atom. The predicted octanol–water partition coefficient (Wildman–Crippen LogP) is 4.39. The van der Waals surface area contributed by atoms with Gasteiger partial charge in [-0.15, -0.1) is 0 Å². The summed E-state index contributed by atoms with van der Waals surface area (Å²) in [5.74, 6) is 2.41. The van der Waals surface area contributed by atoms with Gasteiger partial charge in [-0.05, 0) is 48.6 Å². The van der Waals surface area contributed by atoms with Crippen LogP contribution in [0.25, 0.3) is 0 Å². The summed E-state index contributed by atoms with van der Waals surface area (Å²) in [4.78, 5) is 4.23. The molecular weight excluding hydrogens is 260 g/mol. The maximum absolute atomic E-state index is 5.96. The average Bonchev–Trinajstić information content (AvgIpc) is 2.48. The fourth-order valence-electron chi connectivity index (χ4n) is 2.18. The first-order chi connectivity index (χ1) is 10.2. The van der Waals surface area contributed by atoms with Crippen molar-refractivity contribution in [2.75, 3.05) is 18.5 Å². The van der Waals surface area contributed by atoms with Crippen molar-refractivity contribution in [1.29, 1.82) is 0 Å². The summed E-state index contributed by atoms with van der Waals surface area (Å²) in [6.07, 6.45) is 2.74. The van der Waals surface area contributed by atoms with Gasteiger partial charge in [-0.25, -0.2) is 4.98 Å². The molecule has 112 valence electrons. The van der Waals surface area contributed by atoms with Gasteiger partial charge in [0.1, 0.15) is 11.6 Å². The smallest absolute Gasteiger partial charge is 0.125 e. The number of hydrogen-bond donors (Lipinski definition) is 1. The minimum Gasteiger partial charge on any atom is -0.493 e. The summed E-state index contributed by atoms with van der Waals surface area (Å²) in [6, 6.07) is 12.3. The molecule has 0 aliphatic rings. The number of anilines is 1. The van der Waals surface area contributed by atoms with Crippen LogP contribution in [0.3, 0.4) is 0 Å². The molecule has 0 aliphatic carbocycles. The van der Waals surface area contributed by atoms with Crippen molar-refractivity contribution >= 4 is 5.82 Å². The first kappa shape index (κ1) is 15.4. The lowest BCUT2D eigenvalue weighted by Crippen LogP contribution is -2.09. The maximum atomic E-state index is 5.96. The fraction of sp³-hybridized carbons (Fsp3) is 0.389. The Bertz CT molecular complexity index is 552. The van der Waals surface area contributed by atoms with Crippen LogP contribution >= 0.6 is 0 Å². The molecule has 2 aromatic rings.